The zero-order valence-corrected chi connectivity index (χ0v) is 10.9. The maximum absolute atomic E-state index is 12.5. The molecule has 20 heavy (non-hydrogen) atoms. The number of benzene rings is 1. The van der Waals surface area contributed by atoms with Crippen LogP contribution >= 0.6 is 0 Å². The highest BCUT2D eigenvalue weighted by Crippen LogP contribution is 2.30. The molecule has 1 aromatic carbocycles. The van der Waals surface area contributed by atoms with E-state index in [1.807, 2.05) is 0 Å². The van der Waals surface area contributed by atoms with E-state index in [0.717, 1.165) is 25.0 Å². The van der Waals surface area contributed by atoms with Crippen molar-refractivity contribution < 1.29 is 22.7 Å². The monoisotopic (exact) mass is 287 g/mol. The van der Waals surface area contributed by atoms with Crippen LogP contribution in [-0.4, -0.2) is 19.1 Å². The number of hydrogen-bond donors (Lipinski definition) is 1. The summed E-state index contributed by atoms with van der Waals surface area (Å²) in [6.07, 6.45) is -2.30. The molecule has 0 saturated carbocycles. The number of halogens is 3. The average molecular weight is 287 g/mol. The van der Waals surface area contributed by atoms with Crippen molar-refractivity contribution in [2.45, 2.75) is 25.4 Å². The summed E-state index contributed by atoms with van der Waals surface area (Å²) in [4.78, 5) is 11.8. The Bertz CT molecular complexity index is 468. The fourth-order valence-corrected chi connectivity index (χ4v) is 2.22. The molecule has 0 bridgehead atoms. The van der Waals surface area contributed by atoms with Crippen LogP contribution in [0.4, 0.5) is 18.9 Å². The molecular formula is C14H16F3NO2. The molecule has 0 aromatic heterocycles. The van der Waals surface area contributed by atoms with E-state index in [9.17, 15) is 18.0 Å². The van der Waals surface area contributed by atoms with Crippen LogP contribution in [0.25, 0.3) is 0 Å². The fourth-order valence-electron chi connectivity index (χ4n) is 2.22. The van der Waals surface area contributed by atoms with Crippen molar-refractivity contribution in [1.29, 1.82) is 0 Å². The standard InChI is InChI=1S/C14H16F3NO2/c15-14(16,17)11-4-1-5-12(8-11)18-13(19)7-10-3-2-6-20-9-10/h1,4-5,8,10H,2-3,6-7,9H2,(H,18,19). The van der Waals surface area contributed by atoms with E-state index in [2.05, 4.69) is 5.32 Å². The van der Waals surface area contributed by atoms with Crippen molar-refractivity contribution in [3.8, 4) is 0 Å². The highest BCUT2D eigenvalue weighted by atomic mass is 19.4. The molecule has 1 N–H and O–H groups in total. The Morgan fingerprint density at radius 1 is 1.40 bits per heavy atom. The van der Waals surface area contributed by atoms with Crippen molar-refractivity contribution in [2.75, 3.05) is 18.5 Å². The summed E-state index contributed by atoms with van der Waals surface area (Å²) in [7, 11) is 0. The first-order valence-corrected chi connectivity index (χ1v) is 6.50. The predicted molar refractivity (Wildman–Crippen MR) is 68.2 cm³/mol. The van der Waals surface area contributed by atoms with Crippen LogP contribution in [0.3, 0.4) is 0 Å². The fraction of sp³-hybridized carbons (Fsp3) is 0.500. The van der Waals surface area contributed by atoms with Crippen LogP contribution in [0, 0.1) is 5.92 Å². The number of hydrogen-bond acceptors (Lipinski definition) is 2. The van der Waals surface area contributed by atoms with Crippen LogP contribution in [0.15, 0.2) is 24.3 Å². The van der Waals surface area contributed by atoms with E-state index in [0.29, 0.717) is 13.2 Å². The van der Waals surface area contributed by atoms with E-state index in [1.54, 1.807) is 0 Å². The molecule has 110 valence electrons. The number of alkyl halides is 3. The van der Waals surface area contributed by atoms with Gasteiger partial charge in [-0.3, -0.25) is 4.79 Å². The molecule has 1 unspecified atom stereocenters. The molecule has 0 aliphatic carbocycles. The third-order valence-electron chi connectivity index (χ3n) is 3.20. The van der Waals surface area contributed by atoms with Crippen molar-refractivity contribution in [1.82, 2.24) is 0 Å². The Labute approximate surface area is 115 Å². The van der Waals surface area contributed by atoms with E-state index in [4.69, 9.17) is 4.74 Å². The number of carbonyl (C=O) groups is 1. The molecule has 0 spiro atoms. The summed E-state index contributed by atoms with van der Waals surface area (Å²) in [5.74, 6) is -0.130. The third kappa shape index (κ3) is 4.23. The van der Waals surface area contributed by atoms with Gasteiger partial charge in [-0.1, -0.05) is 6.07 Å². The lowest BCUT2D eigenvalue weighted by Crippen LogP contribution is -2.23. The molecule has 2 rings (SSSR count). The average Bonchev–Trinajstić information content (AvgIpc) is 2.39. The second-order valence-corrected chi connectivity index (χ2v) is 4.91. The van der Waals surface area contributed by atoms with Gasteiger partial charge in [0.2, 0.25) is 5.91 Å². The molecule has 0 radical (unpaired) electrons. The van der Waals surface area contributed by atoms with E-state index in [1.165, 1.54) is 12.1 Å². The molecule has 1 aliphatic heterocycles. The van der Waals surface area contributed by atoms with Gasteiger partial charge in [-0.25, -0.2) is 0 Å². The molecule has 1 aromatic rings. The zero-order chi connectivity index (χ0) is 14.6. The summed E-state index contributed by atoms with van der Waals surface area (Å²) in [6.45, 7) is 1.25. The van der Waals surface area contributed by atoms with Gasteiger partial charge in [-0.15, -0.1) is 0 Å². The Morgan fingerprint density at radius 2 is 2.20 bits per heavy atom. The molecular weight excluding hydrogens is 271 g/mol. The molecule has 1 fully saturated rings. The van der Waals surface area contributed by atoms with Crippen molar-refractivity contribution in [2.24, 2.45) is 5.92 Å². The molecule has 3 nitrogen and oxygen atoms in total. The highest BCUT2D eigenvalue weighted by molar-refractivity contribution is 5.90. The quantitative estimate of drug-likeness (QED) is 0.924. The molecule has 1 heterocycles. The number of anilines is 1. The third-order valence-corrected chi connectivity index (χ3v) is 3.20. The first-order chi connectivity index (χ1) is 9.45. The van der Waals surface area contributed by atoms with E-state index < -0.39 is 11.7 Å². The van der Waals surface area contributed by atoms with E-state index >= 15 is 0 Å². The summed E-state index contributed by atoms with van der Waals surface area (Å²) in [5.41, 5.74) is -0.599. The van der Waals surface area contributed by atoms with Crippen molar-refractivity contribution >= 4 is 11.6 Å². The van der Waals surface area contributed by atoms with Gasteiger partial charge in [0.1, 0.15) is 0 Å². The topological polar surface area (TPSA) is 38.3 Å². The first-order valence-electron chi connectivity index (χ1n) is 6.50. The summed E-state index contributed by atoms with van der Waals surface area (Å²) in [6, 6.07) is 4.65. The molecule has 1 amide bonds. The summed E-state index contributed by atoms with van der Waals surface area (Å²) in [5, 5.41) is 2.51. The number of rotatable bonds is 3. The van der Waals surface area contributed by atoms with Gasteiger partial charge in [0, 0.05) is 25.3 Å². The van der Waals surface area contributed by atoms with Crippen LogP contribution in [0.2, 0.25) is 0 Å². The van der Waals surface area contributed by atoms with Crippen LogP contribution in [0.5, 0.6) is 0 Å². The SMILES string of the molecule is O=C(CC1CCCOC1)Nc1cccc(C(F)(F)F)c1. The van der Waals surface area contributed by atoms with Gasteiger partial charge >= 0.3 is 6.18 Å². The Morgan fingerprint density at radius 3 is 2.85 bits per heavy atom. The van der Waals surface area contributed by atoms with Crippen LogP contribution in [0.1, 0.15) is 24.8 Å². The Kier molecular flexibility index (Phi) is 4.65. The van der Waals surface area contributed by atoms with Crippen molar-refractivity contribution in [3.05, 3.63) is 29.8 Å². The maximum Gasteiger partial charge on any atom is 0.416 e. The van der Waals surface area contributed by atoms with Gasteiger partial charge in [0.05, 0.1) is 5.56 Å². The Hall–Kier alpha value is -1.56. The molecule has 1 saturated heterocycles. The number of amides is 1. The largest absolute Gasteiger partial charge is 0.416 e. The normalized spacial score (nSPS) is 19.6. The van der Waals surface area contributed by atoms with Crippen molar-refractivity contribution in [3.63, 3.8) is 0 Å². The Balaban J connectivity index is 1.93. The predicted octanol–water partition coefficient (Wildman–Crippen LogP) is 3.46. The lowest BCUT2D eigenvalue weighted by atomic mass is 9.98. The molecule has 1 aliphatic rings. The van der Waals surface area contributed by atoms with Crippen LogP contribution in [-0.2, 0) is 15.7 Å². The second kappa shape index (κ2) is 6.26. The minimum Gasteiger partial charge on any atom is -0.381 e. The highest BCUT2D eigenvalue weighted by Gasteiger charge is 2.30. The lowest BCUT2D eigenvalue weighted by Gasteiger charge is -2.21. The second-order valence-electron chi connectivity index (χ2n) is 4.91. The van der Waals surface area contributed by atoms with Gasteiger partial charge < -0.3 is 10.1 Å². The minimum absolute atomic E-state index is 0.148. The molecule has 6 heteroatoms. The van der Waals surface area contributed by atoms with Gasteiger partial charge in [0.25, 0.3) is 0 Å². The smallest absolute Gasteiger partial charge is 0.381 e. The number of carbonyl (C=O) groups excluding carboxylic acids is 1. The van der Waals surface area contributed by atoms with Gasteiger partial charge in [0.15, 0.2) is 0 Å². The maximum atomic E-state index is 12.5. The van der Waals surface area contributed by atoms with Gasteiger partial charge in [-0.05, 0) is 37.0 Å². The van der Waals surface area contributed by atoms with E-state index in [-0.39, 0.29) is 23.9 Å². The summed E-state index contributed by atoms with van der Waals surface area (Å²) < 4.78 is 42.9. The first kappa shape index (κ1) is 14.8. The lowest BCUT2D eigenvalue weighted by molar-refractivity contribution is -0.137. The minimum atomic E-state index is -4.40. The number of ether oxygens (including phenoxy) is 1. The van der Waals surface area contributed by atoms with Gasteiger partial charge in [-0.2, -0.15) is 13.2 Å². The number of nitrogens with one attached hydrogen (secondary N) is 1. The summed E-state index contributed by atoms with van der Waals surface area (Å²) >= 11 is 0. The zero-order valence-electron chi connectivity index (χ0n) is 10.9. The molecule has 1 atom stereocenters. The van der Waals surface area contributed by atoms with Crippen LogP contribution < -0.4 is 5.32 Å².